The van der Waals surface area contributed by atoms with Crippen LogP contribution in [0.2, 0.25) is 0 Å². The lowest BCUT2D eigenvalue weighted by Gasteiger charge is -2.34. The summed E-state index contributed by atoms with van der Waals surface area (Å²) in [4.78, 5) is 0. The lowest BCUT2D eigenvalue weighted by atomic mass is 10.0. The molecule has 0 radical (unpaired) electrons. The summed E-state index contributed by atoms with van der Waals surface area (Å²) in [6.45, 7) is 10.6. The van der Waals surface area contributed by atoms with Crippen molar-refractivity contribution in [2.45, 2.75) is 162 Å². The van der Waals surface area contributed by atoms with Gasteiger partial charge in [-0.15, -0.1) is 0 Å². The fourth-order valence-electron chi connectivity index (χ4n) is 5.61. The van der Waals surface area contributed by atoms with Gasteiger partial charge in [0.15, 0.2) is 0 Å². The van der Waals surface area contributed by atoms with E-state index in [1.165, 1.54) is 178 Å². The second kappa shape index (κ2) is 20.8. The van der Waals surface area contributed by atoms with Gasteiger partial charge in [0.1, 0.15) is 0 Å². The van der Waals surface area contributed by atoms with Crippen molar-refractivity contribution in [2.24, 2.45) is 0 Å². The molecule has 0 aromatic rings. The molecule has 0 atom stereocenters. The van der Waals surface area contributed by atoms with Crippen molar-refractivity contribution >= 4 is 0 Å². The largest absolute Gasteiger partial charge is 0.324 e. The number of nitrogens with zero attached hydrogens (tertiary/aromatic N) is 1. The van der Waals surface area contributed by atoms with Gasteiger partial charge in [0.2, 0.25) is 0 Å². The molecule has 1 heteroatoms. The summed E-state index contributed by atoms with van der Waals surface area (Å²) in [6.07, 6.45) is 33.9. The molecule has 180 valence electrons. The van der Waals surface area contributed by atoms with Gasteiger partial charge in [-0.05, 0) is 25.7 Å². The van der Waals surface area contributed by atoms with E-state index in [-0.39, 0.29) is 0 Å². The van der Waals surface area contributed by atoms with Gasteiger partial charge in [-0.1, -0.05) is 123 Å². The normalized spacial score (nSPS) is 15.8. The SMILES string of the molecule is CCCCCCCCCCCCCC[N+]1(CCCCCCCCCCC)CCCC1. The summed E-state index contributed by atoms with van der Waals surface area (Å²) in [5.41, 5.74) is 0. The summed E-state index contributed by atoms with van der Waals surface area (Å²) in [5, 5.41) is 0. The van der Waals surface area contributed by atoms with Crippen LogP contribution in [0.1, 0.15) is 162 Å². The maximum absolute atomic E-state index is 2.31. The zero-order chi connectivity index (χ0) is 21.6. The van der Waals surface area contributed by atoms with E-state index in [0.29, 0.717) is 0 Å². The molecule has 1 fully saturated rings. The molecule has 0 aliphatic carbocycles. The van der Waals surface area contributed by atoms with Gasteiger partial charge >= 0.3 is 0 Å². The van der Waals surface area contributed by atoms with Crippen molar-refractivity contribution in [1.82, 2.24) is 0 Å². The second-order valence-corrected chi connectivity index (χ2v) is 10.7. The molecule has 1 rings (SSSR count). The van der Waals surface area contributed by atoms with Crippen molar-refractivity contribution in [3.8, 4) is 0 Å². The first-order valence-electron chi connectivity index (χ1n) is 14.7. The Morgan fingerprint density at radius 1 is 0.367 bits per heavy atom. The van der Waals surface area contributed by atoms with E-state index in [1.54, 1.807) is 0 Å². The van der Waals surface area contributed by atoms with E-state index in [2.05, 4.69) is 13.8 Å². The Morgan fingerprint density at radius 3 is 0.933 bits per heavy atom. The molecule has 30 heavy (non-hydrogen) atoms. The Labute approximate surface area is 192 Å². The third-order valence-electron chi connectivity index (χ3n) is 7.74. The molecular weight excluding hydrogens is 362 g/mol. The molecule has 0 amide bonds. The van der Waals surface area contributed by atoms with Crippen LogP contribution in [0.4, 0.5) is 0 Å². The maximum Gasteiger partial charge on any atom is 0.0788 e. The minimum absolute atomic E-state index is 1.37. The van der Waals surface area contributed by atoms with Gasteiger partial charge in [0.25, 0.3) is 0 Å². The molecule has 0 saturated carbocycles. The van der Waals surface area contributed by atoms with Crippen LogP contribution >= 0.6 is 0 Å². The average Bonchev–Trinajstić information content (AvgIpc) is 3.22. The van der Waals surface area contributed by atoms with Gasteiger partial charge in [0.05, 0.1) is 26.2 Å². The van der Waals surface area contributed by atoms with Crippen LogP contribution in [0.25, 0.3) is 0 Å². The second-order valence-electron chi connectivity index (χ2n) is 10.7. The van der Waals surface area contributed by atoms with Crippen LogP contribution in [0.15, 0.2) is 0 Å². The summed E-state index contributed by atoms with van der Waals surface area (Å²) in [6, 6.07) is 0. The lowest BCUT2D eigenvalue weighted by Crippen LogP contribution is -2.46. The average molecular weight is 423 g/mol. The van der Waals surface area contributed by atoms with Gasteiger partial charge in [-0.2, -0.15) is 0 Å². The van der Waals surface area contributed by atoms with Gasteiger partial charge in [-0.25, -0.2) is 0 Å². The standard InChI is InChI=1S/C29H60N/c1-3-5-7-9-11-13-14-15-17-19-21-23-27-30(28-24-25-29-30)26-22-20-18-16-12-10-8-6-4-2/h3-29H2,1-2H3/q+1. The van der Waals surface area contributed by atoms with E-state index >= 15 is 0 Å². The van der Waals surface area contributed by atoms with Crippen LogP contribution in [-0.2, 0) is 0 Å². The molecule has 0 N–H and O–H groups in total. The fraction of sp³-hybridized carbons (Fsp3) is 1.00. The zero-order valence-corrected chi connectivity index (χ0v) is 21.5. The molecule has 1 saturated heterocycles. The Balaban J connectivity index is 1.93. The van der Waals surface area contributed by atoms with Crippen molar-refractivity contribution < 1.29 is 4.48 Å². The Bertz CT molecular complexity index is 331. The highest BCUT2D eigenvalue weighted by Gasteiger charge is 2.30. The highest BCUT2D eigenvalue weighted by atomic mass is 15.4. The lowest BCUT2D eigenvalue weighted by molar-refractivity contribution is -0.917. The Hall–Kier alpha value is -0.0400. The first-order chi connectivity index (χ1) is 14.8. The van der Waals surface area contributed by atoms with E-state index in [4.69, 9.17) is 0 Å². The number of likely N-dealkylation sites (tertiary alicyclic amines) is 1. The predicted octanol–water partition coefficient (Wildman–Crippen LogP) is 9.83. The topological polar surface area (TPSA) is 0 Å². The van der Waals surface area contributed by atoms with E-state index in [0.717, 1.165) is 0 Å². The number of hydrogen-bond donors (Lipinski definition) is 0. The van der Waals surface area contributed by atoms with Crippen LogP contribution in [0, 0.1) is 0 Å². The molecule has 0 bridgehead atoms. The quantitative estimate of drug-likeness (QED) is 0.113. The molecule has 1 aliphatic rings. The van der Waals surface area contributed by atoms with Crippen molar-refractivity contribution in [2.75, 3.05) is 26.2 Å². The number of quaternary nitrogens is 1. The first kappa shape index (κ1) is 28.0. The molecule has 1 nitrogen and oxygen atoms in total. The van der Waals surface area contributed by atoms with Crippen LogP contribution in [0.3, 0.4) is 0 Å². The predicted molar refractivity (Wildman–Crippen MR) is 137 cm³/mol. The summed E-state index contributed by atoms with van der Waals surface area (Å²) < 4.78 is 1.49. The Morgan fingerprint density at radius 2 is 0.633 bits per heavy atom. The zero-order valence-electron chi connectivity index (χ0n) is 21.5. The molecule has 0 aromatic heterocycles. The third kappa shape index (κ3) is 15.7. The van der Waals surface area contributed by atoms with E-state index in [9.17, 15) is 0 Å². The molecule has 1 aliphatic heterocycles. The summed E-state index contributed by atoms with van der Waals surface area (Å²) >= 11 is 0. The summed E-state index contributed by atoms with van der Waals surface area (Å²) in [7, 11) is 0. The van der Waals surface area contributed by atoms with Crippen molar-refractivity contribution in [3.63, 3.8) is 0 Å². The molecule has 0 unspecified atom stereocenters. The highest BCUT2D eigenvalue weighted by Crippen LogP contribution is 2.23. The van der Waals surface area contributed by atoms with Gasteiger partial charge < -0.3 is 4.48 Å². The van der Waals surface area contributed by atoms with Crippen LogP contribution in [0.5, 0.6) is 0 Å². The maximum atomic E-state index is 2.31. The van der Waals surface area contributed by atoms with E-state index in [1.807, 2.05) is 0 Å². The number of rotatable bonds is 23. The van der Waals surface area contributed by atoms with Crippen molar-refractivity contribution in [1.29, 1.82) is 0 Å². The van der Waals surface area contributed by atoms with E-state index < -0.39 is 0 Å². The van der Waals surface area contributed by atoms with Crippen molar-refractivity contribution in [3.05, 3.63) is 0 Å². The minimum Gasteiger partial charge on any atom is -0.324 e. The van der Waals surface area contributed by atoms with Gasteiger partial charge in [0, 0.05) is 12.8 Å². The third-order valence-corrected chi connectivity index (χ3v) is 7.74. The molecular formula is C29H60N+. The number of hydrogen-bond acceptors (Lipinski definition) is 0. The molecule has 0 aromatic carbocycles. The first-order valence-corrected chi connectivity index (χ1v) is 14.7. The highest BCUT2D eigenvalue weighted by molar-refractivity contribution is 4.57. The fourth-order valence-corrected chi connectivity index (χ4v) is 5.61. The smallest absolute Gasteiger partial charge is 0.0788 e. The van der Waals surface area contributed by atoms with Crippen LogP contribution in [-0.4, -0.2) is 30.7 Å². The molecule has 0 spiro atoms. The minimum atomic E-state index is 1.37. The Kier molecular flexibility index (Phi) is 19.4. The summed E-state index contributed by atoms with van der Waals surface area (Å²) in [5.74, 6) is 0. The van der Waals surface area contributed by atoms with Crippen LogP contribution < -0.4 is 0 Å². The number of unbranched alkanes of at least 4 members (excludes halogenated alkanes) is 19. The monoisotopic (exact) mass is 422 g/mol. The molecule has 1 heterocycles. The van der Waals surface area contributed by atoms with Gasteiger partial charge in [-0.3, -0.25) is 0 Å².